The third kappa shape index (κ3) is 3.98. The normalized spacial score (nSPS) is 11.0. The average Bonchev–Trinajstić information content (AvgIpc) is 3.37. The summed E-state index contributed by atoms with van der Waals surface area (Å²) in [5.74, 6) is -3.93. The van der Waals surface area contributed by atoms with Gasteiger partial charge in [0.2, 0.25) is 0 Å². The summed E-state index contributed by atoms with van der Waals surface area (Å²) in [6.07, 6.45) is 1.18. The van der Waals surface area contributed by atoms with Crippen LogP contribution >= 0.6 is 0 Å². The number of halogens is 3. The number of nitrogens with zero attached hydrogens (tertiary/aromatic N) is 3. The van der Waals surface area contributed by atoms with Crippen LogP contribution in [0.15, 0.2) is 47.1 Å². The summed E-state index contributed by atoms with van der Waals surface area (Å²) >= 11 is 0. The molecule has 2 heterocycles. The first-order valence-corrected chi connectivity index (χ1v) is 10.2. The van der Waals surface area contributed by atoms with E-state index in [1.54, 1.807) is 19.9 Å². The Kier molecular flexibility index (Phi) is 6.06. The van der Waals surface area contributed by atoms with E-state index < -0.39 is 29.2 Å². The molecule has 34 heavy (non-hydrogen) atoms. The quantitative estimate of drug-likeness (QED) is 0.281. The van der Waals surface area contributed by atoms with Crippen LogP contribution in [0.4, 0.5) is 13.2 Å². The second-order valence-electron chi connectivity index (χ2n) is 7.39. The van der Waals surface area contributed by atoms with Gasteiger partial charge in [0.25, 0.3) is 0 Å². The zero-order valence-electron chi connectivity index (χ0n) is 18.4. The molecule has 0 aliphatic rings. The standard InChI is InChI=1S/C24H18F3N3O4/c1-4-33-24(32)22-17(11-28-30(22)16-9-14(25)8-15(26)10-16)23-20(13(3)31)21(29-34-23)19-12(2)6-5-7-18(19)27/h5-11H,4H2,1-3H3. The molecule has 0 saturated heterocycles. The van der Waals surface area contributed by atoms with Gasteiger partial charge < -0.3 is 9.26 Å². The number of aryl methyl sites for hydroxylation is 1. The first-order valence-electron chi connectivity index (χ1n) is 10.2. The summed E-state index contributed by atoms with van der Waals surface area (Å²) in [4.78, 5) is 25.5. The Morgan fingerprint density at radius 1 is 1.12 bits per heavy atom. The minimum absolute atomic E-state index is 0.00337. The van der Waals surface area contributed by atoms with Gasteiger partial charge in [-0.15, -0.1) is 0 Å². The number of hydrogen-bond acceptors (Lipinski definition) is 6. The third-order valence-electron chi connectivity index (χ3n) is 5.08. The van der Waals surface area contributed by atoms with E-state index in [9.17, 15) is 22.8 Å². The van der Waals surface area contributed by atoms with Gasteiger partial charge in [0.15, 0.2) is 17.2 Å². The van der Waals surface area contributed by atoms with Gasteiger partial charge in [-0.3, -0.25) is 4.79 Å². The maximum atomic E-state index is 14.6. The fourth-order valence-electron chi connectivity index (χ4n) is 3.67. The van der Waals surface area contributed by atoms with Crippen molar-refractivity contribution in [2.75, 3.05) is 6.61 Å². The lowest BCUT2D eigenvalue weighted by Crippen LogP contribution is -2.14. The molecule has 0 radical (unpaired) electrons. The lowest BCUT2D eigenvalue weighted by Gasteiger charge is -2.09. The minimum atomic E-state index is -0.886. The predicted molar refractivity (Wildman–Crippen MR) is 115 cm³/mol. The van der Waals surface area contributed by atoms with E-state index in [1.807, 2.05) is 0 Å². The van der Waals surface area contributed by atoms with E-state index in [0.717, 1.165) is 16.8 Å². The average molecular weight is 469 g/mol. The molecule has 0 fully saturated rings. The van der Waals surface area contributed by atoms with Crippen LogP contribution in [0, 0.1) is 24.4 Å². The number of carbonyl (C=O) groups excluding carboxylic acids is 2. The molecule has 10 heteroatoms. The molecule has 0 spiro atoms. The fourth-order valence-corrected chi connectivity index (χ4v) is 3.67. The van der Waals surface area contributed by atoms with Crippen molar-refractivity contribution >= 4 is 11.8 Å². The van der Waals surface area contributed by atoms with Crippen LogP contribution in [-0.2, 0) is 4.74 Å². The maximum absolute atomic E-state index is 14.6. The Labute approximate surface area is 191 Å². The molecule has 0 unspecified atom stereocenters. The topological polar surface area (TPSA) is 87.2 Å². The lowest BCUT2D eigenvalue weighted by molar-refractivity contribution is 0.0516. The fraction of sp³-hybridized carbons (Fsp3) is 0.167. The number of aromatic nitrogens is 3. The predicted octanol–water partition coefficient (Wildman–Crippen LogP) is 5.30. The van der Waals surface area contributed by atoms with Crippen LogP contribution in [-0.4, -0.2) is 33.3 Å². The Morgan fingerprint density at radius 2 is 1.82 bits per heavy atom. The number of benzene rings is 2. The van der Waals surface area contributed by atoms with E-state index in [1.165, 1.54) is 25.3 Å². The summed E-state index contributed by atoms with van der Waals surface area (Å²) in [6, 6.07) is 7.01. The highest BCUT2D eigenvalue weighted by Gasteiger charge is 2.31. The van der Waals surface area contributed by atoms with Crippen LogP contribution in [0.2, 0.25) is 0 Å². The summed E-state index contributed by atoms with van der Waals surface area (Å²) in [6.45, 7) is 4.47. The molecule has 0 aliphatic heterocycles. The Morgan fingerprint density at radius 3 is 2.44 bits per heavy atom. The summed E-state index contributed by atoms with van der Waals surface area (Å²) in [5, 5.41) is 7.99. The smallest absolute Gasteiger partial charge is 0.357 e. The molecule has 0 amide bonds. The largest absolute Gasteiger partial charge is 0.461 e. The van der Waals surface area contributed by atoms with Crippen molar-refractivity contribution in [1.29, 1.82) is 0 Å². The summed E-state index contributed by atoms with van der Waals surface area (Å²) in [5.41, 5.74) is 0.101. The molecule has 0 N–H and O–H groups in total. The minimum Gasteiger partial charge on any atom is -0.461 e. The number of Topliss-reactive ketones (excluding diaryl/α,β-unsaturated/α-hetero) is 1. The van der Waals surface area contributed by atoms with Crippen LogP contribution in [0.25, 0.3) is 28.3 Å². The van der Waals surface area contributed by atoms with Gasteiger partial charge in [-0.25, -0.2) is 22.6 Å². The van der Waals surface area contributed by atoms with E-state index in [-0.39, 0.29) is 46.1 Å². The zero-order valence-corrected chi connectivity index (χ0v) is 18.4. The second-order valence-corrected chi connectivity index (χ2v) is 7.39. The summed E-state index contributed by atoms with van der Waals surface area (Å²) < 4.78 is 53.9. The van der Waals surface area contributed by atoms with Gasteiger partial charge in [-0.05, 0) is 44.5 Å². The van der Waals surface area contributed by atoms with Crippen LogP contribution < -0.4 is 0 Å². The molecule has 0 saturated carbocycles. The number of rotatable bonds is 6. The maximum Gasteiger partial charge on any atom is 0.357 e. The van der Waals surface area contributed by atoms with Crippen molar-refractivity contribution in [3.05, 3.63) is 76.9 Å². The Hall–Kier alpha value is -4.21. The van der Waals surface area contributed by atoms with Crippen molar-refractivity contribution in [3.8, 4) is 28.3 Å². The van der Waals surface area contributed by atoms with Gasteiger partial charge in [-0.2, -0.15) is 5.10 Å². The third-order valence-corrected chi connectivity index (χ3v) is 5.08. The van der Waals surface area contributed by atoms with Crippen molar-refractivity contribution in [1.82, 2.24) is 14.9 Å². The van der Waals surface area contributed by atoms with Crippen molar-refractivity contribution < 1.29 is 32.0 Å². The molecule has 4 aromatic rings. The first-order chi connectivity index (χ1) is 16.2. The number of ether oxygens (including phenoxy) is 1. The SMILES string of the molecule is CCOC(=O)c1c(-c2onc(-c3c(C)cccc3F)c2C(C)=O)cnn1-c1cc(F)cc(F)c1. The monoisotopic (exact) mass is 469 g/mol. The Bertz CT molecular complexity index is 1380. The van der Waals surface area contributed by atoms with Gasteiger partial charge in [-0.1, -0.05) is 17.3 Å². The molecule has 0 bridgehead atoms. The molecule has 4 rings (SSSR count). The molecule has 2 aromatic carbocycles. The molecule has 174 valence electrons. The first kappa shape index (κ1) is 23.0. The summed E-state index contributed by atoms with van der Waals surface area (Å²) in [7, 11) is 0. The van der Waals surface area contributed by atoms with Gasteiger partial charge in [0.1, 0.15) is 23.1 Å². The zero-order chi connectivity index (χ0) is 24.6. The molecular formula is C24H18F3N3O4. The highest BCUT2D eigenvalue weighted by atomic mass is 19.1. The molecule has 7 nitrogen and oxygen atoms in total. The second kappa shape index (κ2) is 8.97. The van der Waals surface area contributed by atoms with Crippen molar-refractivity contribution in [3.63, 3.8) is 0 Å². The number of carbonyl (C=O) groups is 2. The highest BCUT2D eigenvalue weighted by Crippen LogP contribution is 2.37. The Balaban J connectivity index is 1.99. The number of esters is 1. The van der Waals surface area contributed by atoms with Crippen molar-refractivity contribution in [2.24, 2.45) is 0 Å². The van der Waals surface area contributed by atoms with Crippen LogP contribution in [0.5, 0.6) is 0 Å². The number of ketones is 1. The molecule has 0 atom stereocenters. The van der Waals surface area contributed by atoms with E-state index in [2.05, 4.69) is 10.3 Å². The van der Waals surface area contributed by atoms with Crippen LogP contribution in [0.1, 0.15) is 40.3 Å². The molecule has 0 aliphatic carbocycles. The van der Waals surface area contributed by atoms with Gasteiger partial charge >= 0.3 is 5.97 Å². The van der Waals surface area contributed by atoms with Crippen molar-refractivity contribution in [2.45, 2.75) is 20.8 Å². The molecule has 2 aromatic heterocycles. The van der Waals surface area contributed by atoms with Crippen LogP contribution in [0.3, 0.4) is 0 Å². The highest BCUT2D eigenvalue weighted by molar-refractivity contribution is 6.07. The van der Waals surface area contributed by atoms with Gasteiger partial charge in [0, 0.05) is 11.6 Å². The number of hydrogen-bond donors (Lipinski definition) is 0. The molecular weight excluding hydrogens is 451 g/mol. The van der Waals surface area contributed by atoms with E-state index in [4.69, 9.17) is 9.26 Å². The van der Waals surface area contributed by atoms with Gasteiger partial charge in [0.05, 0.1) is 29.6 Å². The van der Waals surface area contributed by atoms with E-state index in [0.29, 0.717) is 11.6 Å². The van der Waals surface area contributed by atoms with E-state index >= 15 is 0 Å². The lowest BCUT2D eigenvalue weighted by atomic mass is 9.97.